The molecule has 1 amide bonds. The highest BCUT2D eigenvalue weighted by atomic mass is 16.1. The van der Waals surface area contributed by atoms with Crippen molar-refractivity contribution in [2.45, 2.75) is 27.2 Å². The fourth-order valence-electron chi connectivity index (χ4n) is 1.44. The molecule has 1 unspecified atom stereocenters. The lowest BCUT2D eigenvalue weighted by Crippen LogP contribution is -2.20. The lowest BCUT2D eigenvalue weighted by atomic mass is 10.1. The number of hydrogen-bond donors (Lipinski definition) is 1. The minimum absolute atomic E-state index is 0.103. The maximum absolute atomic E-state index is 11.7. The number of carbonyl (C=O) groups excluding carboxylic acids is 1. The van der Waals surface area contributed by atoms with E-state index in [4.69, 9.17) is 5.26 Å². The number of hydrogen-bond acceptors (Lipinski definition) is 2. The summed E-state index contributed by atoms with van der Waals surface area (Å²) in [6, 6.07) is 7.86. The highest BCUT2D eigenvalue weighted by Crippen LogP contribution is 2.17. The van der Waals surface area contributed by atoms with Gasteiger partial charge in [0, 0.05) is 18.0 Å². The SMILES string of the molecule is Cc1ccc(NC(=O)C(C)CC#N)c(C)c1. The van der Waals surface area contributed by atoms with E-state index in [1.807, 2.05) is 38.1 Å². The molecule has 0 aliphatic carbocycles. The zero-order valence-electron chi connectivity index (χ0n) is 9.87. The summed E-state index contributed by atoms with van der Waals surface area (Å²) in [6.45, 7) is 5.72. The topological polar surface area (TPSA) is 52.9 Å². The molecule has 1 aromatic carbocycles. The number of benzene rings is 1. The fourth-order valence-corrected chi connectivity index (χ4v) is 1.44. The smallest absolute Gasteiger partial charge is 0.228 e. The molecule has 1 rings (SSSR count). The molecule has 3 heteroatoms. The molecule has 3 nitrogen and oxygen atoms in total. The molecule has 0 aliphatic heterocycles. The molecule has 1 aromatic rings. The number of nitriles is 1. The van der Waals surface area contributed by atoms with Gasteiger partial charge in [0.2, 0.25) is 5.91 Å². The first-order chi connectivity index (χ1) is 7.54. The van der Waals surface area contributed by atoms with E-state index in [9.17, 15) is 4.79 Å². The van der Waals surface area contributed by atoms with Crippen LogP contribution in [0.3, 0.4) is 0 Å². The van der Waals surface area contributed by atoms with Crippen LogP contribution in [-0.4, -0.2) is 5.91 Å². The Labute approximate surface area is 96.1 Å². The summed E-state index contributed by atoms with van der Waals surface area (Å²) < 4.78 is 0. The quantitative estimate of drug-likeness (QED) is 0.844. The van der Waals surface area contributed by atoms with Crippen molar-refractivity contribution >= 4 is 11.6 Å². The van der Waals surface area contributed by atoms with Gasteiger partial charge in [0.25, 0.3) is 0 Å². The van der Waals surface area contributed by atoms with Crippen molar-refractivity contribution < 1.29 is 4.79 Å². The van der Waals surface area contributed by atoms with E-state index >= 15 is 0 Å². The van der Waals surface area contributed by atoms with Gasteiger partial charge in [-0.05, 0) is 25.5 Å². The molecule has 0 aromatic heterocycles. The Morgan fingerprint density at radius 3 is 2.75 bits per heavy atom. The Morgan fingerprint density at radius 1 is 1.50 bits per heavy atom. The third-order valence-corrected chi connectivity index (χ3v) is 2.48. The maximum Gasteiger partial charge on any atom is 0.228 e. The minimum atomic E-state index is -0.272. The Balaban J connectivity index is 2.74. The highest BCUT2D eigenvalue weighted by molar-refractivity contribution is 5.93. The predicted molar refractivity (Wildman–Crippen MR) is 63.9 cm³/mol. The molecule has 0 saturated carbocycles. The van der Waals surface area contributed by atoms with Crippen LogP contribution in [0.25, 0.3) is 0 Å². The average molecular weight is 216 g/mol. The summed E-state index contributed by atoms with van der Waals surface area (Å²) in [5, 5.41) is 11.3. The van der Waals surface area contributed by atoms with Gasteiger partial charge in [-0.2, -0.15) is 5.26 Å². The van der Waals surface area contributed by atoms with Crippen molar-refractivity contribution in [2.24, 2.45) is 5.92 Å². The van der Waals surface area contributed by atoms with Crippen LogP contribution in [0.1, 0.15) is 24.5 Å². The molecule has 0 aliphatic rings. The fraction of sp³-hybridized carbons (Fsp3) is 0.385. The second-order valence-electron chi connectivity index (χ2n) is 4.07. The summed E-state index contributed by atoms with van der Waals surface area (Å²) in [4.78, 5) is 11.7. The summed E-state index contributed by atoms with van der Waals surface area (Å²) in [6.07, 6.45) is 0.247. The van der Waals surface area contributed by atoms with Crippen LogP contribution in [0.2, 0.25) is 0 Å². The van der Waals surface area contributed by atoms with Gasteiger partial charge in [-0.25, -0.2) is 0 Å². The van der Waals surface area contributed by atoms with Gasteiger partial charge in [0.15, 0.2) is 0 Å². The van der Waals surface area contributed by atoms with Gasteiger partial charge < -0.3 is 5.32 Å². The van der Waals surface area contributed by atoms with E-state index < -0.39 is 0 Å². The monoisotopic (exact) mass is 216 g/mol. The van der Waals surface area contributed by atoms with Crippen molar-refractivity contribution in [3.63, 3.8) is 0 Å². The van der Waals surface area contributed by atoms with Crippen LogP contribution in [0.4, 0.5) is 5.69 Å². The zero-order chi connectivity index (χ0) is 12.1. The normalized spacial score (nSPS) is 11.6. The molecular weight excluding hydrogens is 200 g/mol. The van der Waals surface area contributed by atoms with Crippen LogP contribution in [0.15, 0.2) is 18.2 Å². The number of anilines is 1. The molecule has 84 valence electrons. The van der Waals surface area contributed by atoms with E-state index in [1.54, 1.807) is 6.92 Å². The number of nitrogens with zero attached hydrogens (tertiary/aromatic N) is 1. The molecule has 0 bridgehead atoms. The van der Waals surface area contributed by atoms with Gasteiger partial charge >= 0.3 is 0 Å². The van der Waals surface area contributed by atoms with Gasteiger partial charge in [0.1, 0.15) is 0 Å². The molecule has 16 heavy (non-hydrogen) atoms. The Morgan fingerprint density at radius 2 is 2.19 bits per heavy atom. The molecule has 1 N–H and O–H groups in total. The number of nitrogens with one attached hydrogen (secondary N) is 1. The van der Waals surface area contributed by atoms with E-state index in [-0.39, 0.29) is 18.2 Å². The van der Waals surface area contributed by atoms with Gasteiger partial charge in [0.05, 0.1) is 6.07 Å². The first-order valence-electron chi connectivity index (χ1n) is 5.29. The van der Waals surface area contributed by atoms with E-state index in [0.29, 0.717) is 0 Å². The molecule has 0 radical (unpaired) electrons. The Bertz CT molecular complexity index is 432. The Kier molecular flexibility index (Phi) is 4.07. The summed E-state index contributed by atoms with van der Waals surface area (Å²) in [5.74, 6) is -0.376. The number of rotatable bonds is 3. The van der Waals surface area contributed by atoms with Gasteiger partial charge in [-0.3, -0.25) is 4.79 Å². The average Bonchev–Trinajstić information content (AvgIpc) is 2.22. The number of aryl methyl sites for hydroxylation is 2. The molecule has 1 atom stereocenters. The molecule has 0 spiro atoms. The maximum atomic E-state index is 11.7. The third-order valence-electron chi connectivity index (χ3n) is 2.48. The predicted octanol–water partition coefficient (Wildman–Crippen LogP) is 2.79. The van der Waals surface area contributed by atoms with E-state index in [1.165, 1.54) is 5.56 Å². The zero-order valence-corrected chi connectivity index (χ0v) is 9.87. The van der Waals surface area contributed by atoms with Gasteiger partial charge in [-0.15, -0.1) is 0 Å². The first kappa shape index (κ1) is 12.3. The van der Waals surface area contributed by atoms with Crippen molar-refractivity contribution in [2.75, 3.05) is 5.32 Å². The van der Waals surface area contributed by atoms with Crippen LogP contribution < -0.4 is 5.32 Å². The largest absolute Gasteiger partial charge is 0.326 e. The van der Waals surface area contributed by atoms with E-state index in [2.05, 4.69) is 5.32 Å². The Hall–Kier alpha value is -1.82. The summed E-state index contributed by atoms with van der Waals surface area (Å²) >= 11 is 0. The number of carbonyl (C=O) groups is 1. The van der Waals surface area contributed by atoms with Crippen LogP contribution in [-0.2, 0) is 4.79 Å². The van der Waals surface area contributed by atoms with Crippen LogP contribution >= 0.6 is 0 Å². The van der Waals surface area contributed by atoms with Gasteiger partial charge in [-0.1, -0.05) is 24.6 Å². The lowest BCUT2D eigenvalue weighted by Gasteiger charge is -2.11. The second-order valence-corrected chi connectivity index (χ2v) is 4.07. The minimum Gasteiger partial charge on any atom is -0.326 e. The second kappa shape index (κ2) is 5.32. The lowest BCUT2D eigenvalue weighted by molar-refractivity contribution is -0.119. The summed E-state index contributed by atoms with van der Waals surface area (Å²) in [7, 11) is 0. The molecule has 0 saturated heterocycles. The van der Waals surface area contributed by atoms with Crippen molar-refractivity contribution in [3.05, 3.63) is 29.3 Å². The molecule has 0 fully saturated rings. The van der Waals surface area contributed by atoms with Crippen molar-refractivity contribution in [3.8, 4) is 6.07 Å². The third kappa shape index (κ3) is 3.09. The first-order valence-corrected chi connectivity index (χ1v) is 5.29. The van der Waals surface area contributed by atoms with Crippen molar-refractivity contribution in [1.29, 1.82) is 5.26 Å². The van der Waals surface area contributed by atoms with Crippen LogP contribution in [0.5, 0.6) is 0 Å². The standard InChI is InChI=1S/C13H16N2O/c1-9-4-5-12(11(3)8-9)15-13(16)10(2)6-7-14/h4-5,8,10H,6H2,1-3H3,(H,15,16). The van der Waals surface area contributed by atoms with Crippen molar-refractivity contribution in [1.82, 2.24) is 0 Å². The van der Waals surface area contributed by atoms with E-state index in [0.717, 1.165) is 11.3 Å². The number of amides is 1. The van der Waals surface area contributed by atoms with Crippen LogP contribution in [0, 0.1) is 31.1 Å². The highest BCUT2D eigenvalue weighted by Gasteiger charge is 2.13. The molecular formula is C13H16N2O. The summed E-state index contributed by atoms with van der Waals surface area (Å²) in [5.41, 5.74) is 3.03. The molecule has 0 heterocycles.